The molecular formula is C13H11FN2O. The molecule has 1 aromatic heterocycles. The quantitative estimate of drug-likeness (QED) is 0.794. The van der Waals surface area contributed by atoms with Crippen LogP contribution in [0.3, 0.4) is 0 Å². The van der Waals surface area contributed by atoms with Crippen molar-refractivity contribution in [3.8, 4) is 0 Å². The summed E-state index contributed by atoms with van der Waals surface area (Å²) in [5.41, 5.74) is 0.423. The van der Waals surface area contributed by atoms with Gasteiger partial charge < -0.3 is 0 Å². The summed E-state index contributed by atoms with van der Waals surface area (Å²) in [5.74, 6) is -0.263. The number of rotatable bonds is 2. The molecule has 0 saturated heterocycles. The Balaban J connectivity index is 1.97. The SMILES string of the molecule is O=C(n1ccnc1)C1(c2ccc(F)cc2)CC1. The van der Waals surface area contributed by atoms with Gasteiger partial charge in [-0.25, -0.2) is 9.37 Å². The van der Waals surface area contributed by atoms with Gasteiger partial charge in [0, 0.05) is 12.4 Å². The number of aromatic nitrogens is 2. The molecule has 0 amide bonds. The topological polar surface area (TPSA) is 34.9 Å². The molecule has 1 aromatic carbocycles. The first-order chi connectivity index (χ1) is 8.22. The van der Waals surface area contributed by atoms with Crippen LogP contribution < -0.4 is 0 Å². The van der Waals surface area contributed by atoms with Crippen molar-refractivity contribution in [1.29, 1.82) is 0 Å². The van der Waals surface area contributed by atoms with Crippen LogP contribution in [0.4, 0.5) is 4.39 Å². The molecule has 3 nitrogen and oxygen atoms in total. The zero-order valence-electron chi connectivity index (χ0n) is 9.14. The molecule has 0 radical (unpaired) electrons. The number of carbonyl (C=O) groups excluding carboxylic acids is 1. The largest absolute Gasteiger partial charge is 0.276 e. The summed E-state index contributed by atoms with van der Waals surface area (Å²) in [4.78, 5) is 16.2. The number of hydrogen-bond donors (Lipinski definition) is 0. The zero-order valence-corrected chi connectivity index (χ0v) is 9.14. The molecule has 17 heavy (non-hydrogen) atoms. The van der Waals surface area contributed by atoms with E-state index < -0.39 is 5.41 Å². The molecule has 1 aliphatic carbocycles. The van der Waals surface area contributed by atoms with Crippen LogP contribution in [0.2, 0.25) is 0 Å². The Morgan fingerprint density at radius 3 is 2.53 bits per heavy atom. The highest BCUT2D eigenvalue weighted by Gasteiger charge is 2.51. The van der Waals surface area contributed by atoms with Crippen LogP contribution in [0, 0.1) is 5.82 Å². The number of halogens is 1. The van der Waals surface area contributed by atoms with Crippen molar-refractivity contribution < 1.29 is 9.18 Å². The minimum atomic E-state index is -0.464. The van der Waals surface area contributed by atoms with Gasteiger partial charge in [0.15, 0.2) is 0 Å². The monoisotopic (exact) mass is 230 g/mol. The maximum absolute atomic E-state index is 12.9. The minimum absolute atomic E-state index is 0.0154. The predicted octanol–water partition coefficient (Wildman–Crippen LogP) is 2.39. The number of carbonyl (C=O) groups is 1. The van der Waals surface area contributed by atoms with Gasteiger partial charge in [0.2, 0.25) is 5.91 Å². The lowest BCUT2D eigenvalue weighted by molar-refractivity contribution is 0.0862. The number of hydrogen-bond acceptors (Lipinski definition) is 2. The minimum Gasteiger partial charge on any atom is -0.276 e. The Morgan fingerprint density at radius 2 is 2.00 bits per heavy atom. The Labute approximate surface area is 97.9 Å². The Kier molecular flexibility index (Phi) is 2.11. The van der Waals surface area contributed by atoms with E-state index >= 15 is 0 Å². The summed E-state index contributed by atoms with van der Waals surface area (Å²) >= 11 is 0. The summed E-state index contributed by atoms with van der Waals surface area (Å²) in [6, 6.07) is 6.18. The normalized spacial score (nSPS) is 16.8. The molecule has 0 N–H and O–H groups in total. The van der Waals surface area contributed by atoms with E-state index in [0.29, 0.717) is 0 Å². The number of nitrogens with zero attached hydrogens (tertiary/aromatic N) is 2. The van der Waals surface area contributed by atoms with Crippen LogP contribution in [0.5, 0.6) is 0 Å². The fourth-order valence-corrected chi connectivity index (χ4v) is 2.15. The van der Waals surface area contributed by atoms with Crippen molar-refractivity contribution in [2.75, 3.05) is 0 Å². The van der Waals surface area contributed by atoms with Crippen LogP contribution in [0.15, 0.2) is 43.0 Å². The van der Waals surface area contributed by atoms with Gasteiger partial charge in [0.25, 0.3) is 0 Å². The Morgan fingerprint density at radius 1 is 1.29 bits per heavy atom. The van der Waals surface area contributed by atoms with Gasteiger partial charge in [0.1, 0.15) is 12.1 Å². The molecule has 0 bridgehead atoms. The molecule has 86 valence electrons. The van der Waals surface area contributed by atoms with E-state index in [9.17, 15) is 9.18 Å². The van der Waals surface area contributed by atoms with Crippen LogP contribution in [-0.2, 0) is 5.41 Å². The second-order valence-electron chi connectivity index (χ2n) is 4.36. The molecule has 4 heteroatoms. The molecule has 0 atom stereocenters. The maximum atomic E-state index is 12.9. The highest BCUT2D eigenvalue weighted by atomic mass is 19.1. The van der Waals surface area contributed by atoms with Crippen molar-refractivity contribution in [2.45, 2.75) is 18.3 Å². The molecule has 1 aliphatic rings. The lowest BCUT2D eigenvalue weighted by atomic mass is 9.95. The smallest absolute Gasteiger partial charge is 0.242 e. The van der Waals surface area contributed by atoms with Gasteiger partial charge >= 0.3 is 0 Å². The first-order valence-corrected chi connectivity index (χ1v) is 5.51. The van der Waals surface area contributed by atoms with Gasteiger partial charge in [-0.15, -0.1) is 0 Å². The second kappa shape index (κ2) is 3.52. The van der Waals surface area contributed by atoms with Crippen LogP contribution in [-0.4, -0.2) is 15.5 Å². The van der Waals surface area contributed by atoms with Crippen LogP contribution in [0.1, 0.15) is 23.2 Å². The molecule has 1 saturated carbocycles. The molecule has 1 heterocycles. The fraction of sp³-hybridized carbons (Fsp3) is 0.231. The Hall–Kier alpha value is -1.97. The standard InChI is InChI=1S/C13H11FN2O/c14-11-3-1-10(2-4-11)13(5-6-13)12(17)16-8-7-15-9-16/h1-4,7-9H,5-6H2. The zero-order chi connectivity index (χ0) is 11.9. The van der Waals surface area contributed by atoms with Gasteiger partial charge in [-0.2, -0.15) is 0 Å². The summed E-state index contributed by atoms with van der Waals surface area (Å²) in [6.07, 6.45) is 6.36. The van der Waals surface area contributed by atoms with Gasteiger partial charge in [-0.1, -0.05) is 12.1 Å². The third-order valence-electron chi connectivity index (χ3n) is 3.30. The van der Waals surface area contributed by atoms with Crippen molar-refractivity contribution in [2.24, 2.45) is 0 Å². The molecule has 1 fully saturated rings. The lowest BCUT2D eigenvalue weighted by Crippen LogP contribution is -2.25. The average molecular weight is 230 g/mol. The van der Waals surface area contributed by atoms with Crippen molar-refractivity contribution in [3.63, 3.8) is 0 Å². The molecule has 3 rings (SSSR count). The molecular weight excluding hydrogens is 219 g/mol. The fourth-order valence-electron chi connectivity index (χ4n) is 2.15. The molecule has 2 aromatic rings. The van der Waals surface area contributed by atoms with Gasteiger partial charge in [-0.05, 0) is 30.5 Å². The third kappa shape index (κ3) is 1.56. The second-order valence-corrected chi connectivity index (χ2v) is 4.36. The summed E-state index contributed by atoms with van der Waals surface area (Å²) in [7, 11) is 0. The van der Waals surface area contributed by atoms with Gasteiger partial charge in [-0.3, -0.25) is 9.36 Å². The van der Waals surface area contributed by atoms with Crippen molar-refractivity contribution in [3.05, 3.63) is 54.4 Å². The van der Waals surface area contributed by atoms with E-state index in [-0.39, 0.29) is 11.7 Å². The number of imidazole rings is 1. The molecule has 0 aliphatic heterocycles. The predicted molar refractivity (Wildman–Crippen MR) is 60.2 cm³/mol. The van der Waals surface area contributed by atoms with E-state index in [1.807, 2.05) is 0 Å². The van der Waals surface area contributed by atoms with E-state index in [1.54, 1.807) is 24.5 Å². The van der Waals surface area contributed by atoms with Crippen molar-refractivity contribution in [1.82, 2.24) is 9.55 Å². The molecule has 0 unspecified atom stereocenters. The van der Waals surface area contributed by atoms with E-state index in [0.717, 1.165) is 18.4 Å². The highest BCUT2D eigenvalue weighted by molar-refractivity contribution is 5.93. The molecule has 0 spiro atoms. The van der Waals surface area contributed by atoms with Crippen LogP contribution in [0.25, 0.3) is 0 Å². The van der Waals surface area contributed by atoms with Crippen molar-refractivity contribution >= 4 is 5.91 Å². The summed E-state index contributed by atoms with van der Waals surface area (Å²) in [6.45, 7) is 0. The van der Waals surface area contributed by atoms with Gasteiger partial charge in [0.05, 0.1) is 5.41 Å². The van der Waals surface area contributed by atoms with E-state index in [1.165, 1.54) is 23.0 Å². The first kappa shape index (κ1) is 10.2. The third-order valence-corrected chi connectivity index (χ3v) is 3.30. The van der Waals surface area contributed by atoms with E-state index in [4.69, 9.17) is 0 Å². The Bertz CT molecular complexity index is 541. The maximum Gasteiger partial charge on any atom is 0.242 e. The first-order valence-electron chi connectivity index (χ1n) is 5.51. The van der Waals surface area contributed by atoms with E-state index in [2.05, 4.69) is 4.98 Å². The lowest BCUT2D eigenvalue weighted by Gasteiger charge is -2.14. The average Bonchev–Trinajstić information content (AvgIpc) is 2.97. The highest BCUT2D eigenvalue weighted by Crippen LogP contribution is 2.49. The van der Waals surface area contributed by atoms with Crippen LogP contribution >= 0.6 is 0 Å². The summed E-state index contributed by atoms with van der Waals surface area (Å²) in [5, 5.41) is 0. The number of benzene rings is 1. The summed E-state index contributed by atoms with van der Waals surface area (Å²) < 4.78 is 14.4.